The highest BCUT2D eigenvalue weighted by atomic mass is 16.5. The van der Waals surface area contributed by atoms with Crippen molar-refractivity contribution in [2.45, 2.75) is 57.6 Å². The first-order valence-corrected chi connectivity index (χ1v) is 8.91. The molecule has 0 spiro atoms. The molecule has 24 heavy (non-hydrogen) atoms. The van der Waals surface area contributed by atoms with Crippen molar-refractivity contribution in [2.24, 2.45) is 0 Å². The number of rotatable bonds is 5. The lowest BCUT2D eigenvalue weighted by Crippen LogP contribution is -2.32. The third kappa shape index (κ3) is 2.90. The fraction of sp³-hybridized carbons (Fsp3) is 0.611. The molecule has 1 saturated heterocycles. The van der Waals surface area contributed by atoms with Crippen LogP contribution in [0.25, 0.3) is 11.0 Å². The van der Waals surface area contributed by atoms with E-state index in [9.17, 15) is 4.79 Å². The Morgan fingerprint density at radius 3 is 2.92 bits per heavy atom. The van der Waals surface area contributed by atoms with E-state index in [0.717, 1.165) is 49.0 Å². The summed E-state index contributed by atoms with van der Waals surface area (Å²) in [6, 6.07) is 2.17. The Kier molecular flexibility index (Phi) is 4.00. The molecule has 1 amide bonds. The molecular weight excluding hydrogens is 304 g/mol. The van der Waals surface area contributed by atoms with Gasteiger partial charge in [0.1, 0.15) is 0 Å². The van der Waals surface area contributed by atoms with Crippen LogP contribution in [0.2, 0.25) is 0 Å². The van der Waals surface area contributed by atoms with E-state index in [-0.39, 0.29) is 18.1 Å². The fourth-order valence-corrected chi connectivity index (χ4v) is 3.30. The van der Waals surface area contributed by atoms with Gasteiger partial charge >= 0.3 is 0 Å². The molecule has 0 radical (unpaired) electrons. The quantitative estimate of drug-likeness (QED) is 0.916. The predicted octanol–water partition coefficient (Wildman–Crippen LogP) is 2.80. The van der Waals surface area contributed by atoms with E-state index < -0.39 is 0 Å². The number of carbonyl (C=O) groups excluding carboxylic acids is 1. The lowest BCUT2D eigenvalue weighted by atomic mass is 10.1. The van der Waals surface area contributed by atoms with Gasteiger partial charge in [-0.1, -0.05) is 0 Å². The van der Waals surface area contributed by atoms with Crippen LogP contribution in [0.5, 0.6) is 0 Å². The molecule has 2 aliphatic rings. The maximum absolute atomic E-state index is 12.8. The molecule has 0 aromatic carbocycles. The third-order valence-electron chi connectivity index (χ3n) is 4.83. The number of aromatic nitrogens is 3. The largest absolute Gasteiger partial charge is 0.376 e. The zero-order valence-electron chi connectivity index (χ0n) is 14.3. The minimum absolute atomic E-state index is 0.0527. The number of ether oxygens (including phenoxy) is 1. The molecule has 1 aliphatic heterocycles. The van der Waals surface area contributed by atoms with Crippen molar-refractivity contribution in [2.75, 3.05) is 13.2 Å². The van der Waals surface area contributed by atoms with Gasteiger partial charge in [0, 0.05) is 30.8 Å². The standard InChI is InChI=1S/C18H24N4O2/c1-11(2)22-17-15(10-20-22)14(8-16(21-17)12-5-6-12)18(23)19-9-13-4-3-7-24-13/h8,10-13H,3-7,9H2,1-2H3,(H,19,23). The smallest absolute Gasteiger partial charge is 0.252 e. The van der Waals surface area contributed by atoms with Gasteiger partial charge in [-0.15, -0.1) is 0 Å². The summed E-state index contributed by atoms with van der Waals surface area (Å²) in [5.41, 5.74) is 2.52. The van der Waals surface area contributed by atoms with Crippen LogP contribution in [0.3, 0.4) is 0 Å². The SMILES string of the molecule is CC(C)n1ncc2c(C(=O)NCC3CCCO3)cc(C3CC3)nc21. The minimum Gasteiger partial charge on any atom is -0.376 e. The van der Waals surface area contributed by atoms with E-state index in [1.165, 1.54) is 0 Å². The third-order valence-corrected chi connectivity index (χ3v) is 4.83. The second-order valence-corrected chi connectivity index (χ2v) is 7.13. The van der Waals surface area contributed by atoms with Crippen LogP contribution in [-0.4, -0.2) is 39.9 Å². The fourth-order valence-electron chi connectivity index (χ4n) is 3.30. The second kappa shape index (κ2) is 6.16. The van der Waals surface area contributed by atoms with E-state index in [2.05, 4.69) is 24.3 Å². The first-order valence-electron chi connectivity index (χ1n) is 8.91. The molecule has 1 atom stereocenters. The number of carbonyl (C=O) groups is 1. The summed E-state index contributed by atoms with van der Waals surface area (Å²) in [4.78, 5) is 17.6. The van der Waals surface area contributed by atoms with E-state index in [0.29, 0.717) is 18.0 Å². The summed E-state index contributed by atoms with van der Waals surface area (Å²) in [5.74, 6) is 0.442. The molecule has 1 N–H and O–H groups in total. The monoisotopic (exact) mass is 328 g/mol. The van der Waals surface area contributed by atoms with Gasteiger partial charge in [-0.3, -0.25) is 4.79 Å². The normalized spacial score (nSPS) is 20.9. The van der Waals surface area contributed by atoms with Gasteiger partial charge in [-0.05, 0) is 45.6 Å². The van der Waals surface area contributed by atoms with Gasteiger partial charge in [0.2, 0.25) is 0 Å². The average molecular weight is 328 g/mol. The summed E-state index contributed by atoms with van der Waals surface area (Å²) in [5, 5.41) is 8.31. The van der Waals surface area contributed by atoms with Crippen LogP contribution in [-0.2, 0) is 4.74 Å². The number of nitrogens with zero attached hydrogens (tertiary/aromatic N) is 3. The number of nitrogens with one attached hydrogen (secondary N) is 1. The summed E-state index contributed by atoms with van der Waals surface area (Å²) < 4.78 is 7.49. The molecule has 2 fully saturated rings. The molecule has 3 heterocycles. The van der Waals surface area contributed by atoms with E-state index in [1.807, 2.05) is 10.7 Å². The molecule has 1 unspecified atom stereocenters. The molecule has 1 saturated carbocycles. The van der Waals surface area contributed by atoms with Crippen LogP contribution in [0.1, 0.15) is 67.5 Å². The Labute approximate surface area is 141 Å². The lowest BCUT2D eigenvalue weighted by molar-refractivity contribution is 0.0859. The molecule has 2 aromatic heterocycles. The highest BCUT2D eigenvalue weighted by Crippen LogP contribution is 2.40. The van der Waals surface area contributed by atoms with Crippen LogP contribution in [0, 0.1) is 0 Å². The molecule has 6 heteroatoms. The zero-order valence-corrected chi connectivity index (χ0v) is 14.3. The lowest BCUT2D eigenvalue weighted by Gasteiger charge is -2.13. The molecule has 0 bridgehead atoms. The van der Waals surface area contributed by atoms with Gasteiger partial charge in [0.15, 0.2) is 5.65 Å². The van der Waals surface area contributed by atoms with Crippen LogP contribution >= 0.6 is 0 Å². The molecular formula is C18H24N4O2. The number of pyridine rings is 1. The highest BCUT2D eigenvalue weighted by molar-refractivity contribution is 6.05. The Morgan fingerprint density at radius 1 is 1.42 bits per heavy atom. The van der Waals surface area contributed by atoms with Gasteiger partial charge < -0.3 is 10.1 Å². The van der Waals surface area contributed by atoms with Crippen molar-refractivity contribution < 1.29 is 9.53 Å². The van der Waals surface area contributed by atoms with Crippen molar-refractivity contribution in [3.05, 3.63) is 23.5 Å². The van der Waals surface area contributed by atoms with Gasteiger partial charge in [-0.2, -0.15) is 5.10 Å². The summed E-state index contributed by atoms with van der Waals surface area (Å²) in [6.45, 7) is 5.52. The molecule has 4 rings (SSSR count). The number of hydrogen-bond acceptors (Lipinski definition) is 4. The van der Waals surface area contributed by atoms with Gasteiger partial charge in [0.25, 0.3) is 5.91 Å². The topological polar surface area (TPSA) is 69.0 Å². The number of hydrogen-bond donors (Lipinski definition) is 1. The Hall–Kier alpha value is -1.95. The van der Waals surface area contributed by atoms with Crippen molar-refractivity contribution >= 4 is 16.9 Å². The predicted molar refractivity (Wildman–Crippen MR) is 91.2 cm³/mol. The van der Waals surface area contributed by atoms with Crippen LogP contribution in [0.4, 0.5) is 0 Å². The molecule has 1 aliphatic carbocycles. The summed E-state index contributed by atoms with van der Waals surface area (Å²) >= 11 is 0. The van der Waals surface area contributed by atoms with Gasteiger partial charge in [0.05, 0.1) is 23.3 Å². The number of amides is 1. The van der Waals surface area contributed by atoms with Crippen molar-refractivity contribution in [3.63, 3.8) is 0 Å². The van der Waals surface area contributed by atoms with E-state index >= 15 is 0 Å². The molecule has 2 aromatic rings. The Balaban J connectivity index is 1.66. The first kappa shape index (κ1) is 15.6. The van der Waals surface area contributed by atoms with Gasteiger partial charge in [-0.25, -0.2) is 9.67 Å². The van der Waals surface area contributed by atoms with Crippen LogP contribution in [0.15, 0.2) is 12.3 Å². The van der Waals surface area contributed by atoms with E-state index in [4.69, 9.17) is 9.72 Å². The highest BCUT2D eigenvalue weighted by Gasteiger charge is 2.28. The molecule has 128 valence electrons. The van der Waals surface area contributed by atoms with Crippen molar-refractivity contribution in [1.29, 1.82) is 0 Å². The average Bonchev–Trinajstić information content (AvgIpc) is 3.12. The van der Waals surface area contributed by atoms with Crippen molar-refractivity contribution in [3.8, 4) is 0 Å². The maximum Gasteiger partial charge on any atom is 0.252 e. The Bertz CT molecular complexity index is 758. The minimum atomic E-state index is -0.0527. The van der Waals surface area contributed by atoms with Crippen molar-refractivity contribution in [1.82, 2.24) is 20.1 Å². The van der Waals surface area contributed by atoms with E-state index in [1.54, 1.807) is 6.20 Å². The summed E-state index contributed by atoms with van der Waals surface area (Å²) in [7, 11) is 0. The molecule has 6 nitrogen and oxygen atoms in total. The number of fused-ring (bicyclic) bond motifs is 1. The first-order chi connectivity index (χ1) is 11.6. The van der Waals surface area contributed by atoms with Crippen LogP contribution < -0.4 is 5.32 Å². The second-order valence-electron chi connectivity index (χ2n) is 7.13. The summed E-state index contributed by atoms with van der Waals surface area (Å²) in [6.07, 6.45) is 6.32. The maximum atomic E-state index is 12.8. The zero-order chi connectivity index (χ0) is 16.7. The Morgan fingerprint density at radius 2 is 2.25 bits per heavy atom.